The second-order valence-corrected chi connectivity index (χ2v) is 7.55. The molecule has 1 saturated heterocycles. The van der Waals surface area contributed by atoms with Crippen LogP contribution in [0.25, 0.3) is 0 Å². The maximum Gasteiger partial charge on any atom is 0.270 e. The summed E-state index contributed by atoms with van der Waals surface area (Å²) in [5.41, 5.74) is 1.47. The molecule has 158 valence electrons. The molecule has 3 heterocycles. The van der Waals surface area contributed by atoms with Crippen molar-refractivity contribution in [3.63, 3.8) is 0 Å². The molecule has 3 rings (SSSR count). The zero-order chi connectivity index (χ0) is 21.0. The van der Waals surface area contributed by atoms with Gasteiger partial charge in [0.05, 0.1) is 11.9 Å². The Morgan fingerprint density at radius 3 is 2.97 bits per heavy atom. The molecule has 8 nitrogen and oxygen atoms in total. The smallest absolute Gasteiger partial charge is 0.270 e. The fourth-order valence-corrected chi connectivity index (χ4v) is 3.74. The number of anilines is 1. The number of carbonyl (C=O) groups excluding carboxylic acids is 1. The number of hydrogen-bond acceptors (Lipinski definition) is 4. The van der Waals surface area contributed by atoms with Gasteiger partial charge in [-0.15, -0.1) is 4.99 Å². The number of hydrogen-bond donors (Lipinski definition) is 3. The molecule has 8 heteroatoms. The maximum atomic E-state index is 12.4. The fourth-order valence-electron chi connectivity index (χ4n) is 3.74. The minimum Gasteiger partial charge on any atom is -0.357 e. The van der Waals surface area contributed by atoms with Crippen molar-refractivity contribution < 1.29 is 4.79 Å². The molecule has 0 bridgehead atoms. The van der Waals surface area contributed by atoms with Crippen LogP contribution in [0.3, 0.4) is 0 Å². The highest BCUT2D eigenvalue weighted by Gasteiger charge is 2.26. The molecule has 0 saturated carbocycles. The lowest BCUT2D eigenvalue weighted by atomic mass is 10.00. The number of likely N-dealkylation sites (tertiary alicyclic amines) is 1. The van der Waals surface area contributed by atoms with Crippen molar-refractivity contribution >= 4 is 17.6 Å². The molecule has 0 spiro atoms. The van der Waals surface area contributed by atoms with Gasteiger partial charge in [-0.2, -0.15) is 5.26 Å². The van der Waals surface area contributed by atoms with Gasteiger partial charge in [0.15, 0.2) is 0 Å². The van der Waals surface area contributed by atoms with Gasteiger partial charge in [-0.3, -0.25) is 9.78 Å². The molecule has 1 atom stereocenters. The summed E-state index contributed by atoms with van der Waals surface area (Å²) in [5.74, 6) is 1.17. The number of aliphatic imine (C=N–C) groups is 1. The van der Waals surface area contributed by atoms with Gasteiger partial charge < -0.3 is 20.5 Å². The Labute approximate surface area is 177 Å². The van der Waals surface area contributed by atoms with Crippen LogP contribution in [0.1, 0.15) is 49.0 Å². The normalized spacial score (nSPS) is 16.3. The van der Waals surface area contributed by atoms with E-state index in [1.807, 2.05) is 35.4 Å². The quantitative estimate of drug-likeness (QED) is 0.256. The van der Waals surface area contributed by atoms with E-state index in [1.165, 1.54) is 19.3 Å². The third kappa shape index (κ3) is 6.62. The van der Waals surface area contributed by atoms with E-state index < -0.39 is 0 Å². The largest absolute Gasteiger partial charge is 0.357 e. The molecule has 30 heavy (non-hydrogen) atoms. The number of amides is 1. The van der Waals surface area contributed by atoms with Gasteiger partial charge in [-0.1, -0.05) is 19.3 Å². The highest BCUT2D eigenvalue weighted by Crippen LogP contribution is 2.23. The van der Waals surface area contributed by atoms with Crippen molar-refractivity contribution in [2.75, 3.05) is 25.0 Å². The summed E-state index contributed by atoms with van der Waals surface area (Å²) in [4.78, 5) is 25.2. The predicted octanol–water partition coefficient (Wildman–Crippen LogP) is 3.36. The molecule has 2 aromatic rings. The summed E-state index contributed by atoms with van der Waals surface area (Å²) in [6.45, 7) is 2.49. The van der Waals surface area contributed by atoms with Crippen LogP contribution in [0.15, 0.2) is 47.8 Å². The molecule has 0 radical (unpaired) electrons. The van der Waals surface area contributed by atoms with Crippen LogP contribution >= 0.6 is 0 Å². The van der Waals surface area contributed by atoms with Crippen LogP contribution in [-0.4, -0.2) is 46.4 Å². The van der Waals surface area contributed by atoms with Crippen LogP contribution in [0.4, 0.5) is 5.69 Å². The number of nitriles is 1. The van der Waals surface area contributed by atoms with E-state index in [4.69, 9.17) is 5.26 Å². The molecule has 1 fully saturated rings. The first-order valence-corrected chi connectivity index (χ1v) is 10.6. The Hall–Kier alpha value is -3.34. The van der Waals surface area contributed by atoms with E-state index in [2.05, 4.69) is 25.6 Å². The Bertz CT molecular complexity index is 842. The molecule has 0 aliphatic carbocycles. The Balaban J connectivity index is 1.25. The third-order valence-corrected chi connectivity index (χ3v) is 5.32. The highest BCUT2D eigenvalue weighted by atomic mass is 16.2. The van der Waals surface area contributed by atoms with E-state index >= 15 is 0 Å². The second-order valence-electron chi connectivity index (χ2n) is 7.55. The molecular weight excluding hydrogens is 378 g/mol. The van der Waals surface area contributed by atoms with Crippen LogP contribution in [-0.2, 0) is 0 Å². The van der Waals surface area contributed by atoms with Crippen molar-refractivity contribution in [3.05, 3.63) is 48.5 Å². The van der Waals surface area contributed by atoms with Crippen LogP contribution in [0.2, 0.25) is 0 Å². The van der Waals surface area contributed by atoms with Crippen molar-refractivity contribution in [1.82, 2.24) is 20.2 Å². The van der Waals surface area contributed by atoms with Gasteiger partial charge in [-0.25, -0.2) is 0 Å². The minimum absolute atomic E-state index is 0.114. The average molecular weight is 408 g/mol. The minimum atomic E-state index is 0.114. The number of aromatic nitrogens is 2. The van der Waals surface area contributed by atoms with Crippen LogP contribution < -0.4 is 10.6 Å². The van der Waals surface area contributed by atoms with Crippen molar-refractivity contribution in [2.45, 2.75) is 38.5 Å². The average Bonchev–Trinajstić information content (AvgIpc) is 3.46. The Morgan fingerprint density at radius 2 is 2.20 bits per heavy atom. The number of rotatable bonds is 9. The summed E-state index contributed by atoms with van der Waals surface area (Å²) in [6.07, 6.45) is 13.7. The standard InChI is InChI=1S/C22H29N7O/c23-17-27-22(28-19-8-5-11-24-15-19)26-12-4-2-1-3-7-18-10-14-29(16-18)21(30)20-9-6-13-25-20/h5-6,8-9,11,13,15,18,25H,1-4,7,10,12,14,16H2,(H2,26,27,28). The summed E-state index contributed by atoms with van der Waals surface area (Å²) in [6, 6.07) is 7.39. The first-order valence-electron chi connectivity index (χ1n) is 10.6. The molecule has 2 aromatic heterocycles. The molecule has 1 amide bonds. The van der Waals surface area contributed by atoms with Gasteiger partial charge in [0, 0.05) is 32.0 Å². The van der Waals surface area contributed by atoms with Gasteiger partial charge >= 0.3 is 0 Å². The van der Waals surface area contributed by atoms with E-state index in [9.17, 15) is 4.79 Å². The lowest BCUT2D eigenvalue weighted by Gasteiger charge is -2.15. The first kappa shape index (κ1) is 21.4. The fraction of sp³-hybridized carbons (Fsp3) is 0.455. The van der Waals surface area contributed by atoms with Gasteiger partial charge in [-0.05, 0) is 49.4 Å². The van der Waals surface area contributed by atoms with Crippen LogP contribution in [0, 0.1) is 17.4 Å². The number of unbranched alkanes of at least 4 members (excludes halogenated alkanes) is 3. The number of nitrogens with zero attached hydrogens (tertiary/aromatic N) is 4. The number of aromatic amines is 1. The highest BCUT2D eigenvalue weighted by molar-refractivity contribution is 5.94. The predicted molar refractivity (Wildman–Crippen MR) is 117 cm³/mol. The molecule has 3 N–H and O–H groups in total. The number of nitrogens with one attached hydrogen (secondary N) is 3. The number of carbonyl (C=O) groups is 1. The lowest BCUT2D eigenvalue weighted by molar-refractivity contribution is 0.0781. The topological polar surface area (TPSA) is 109 Å². The molecule has 1 aliphatic heterocycles. The zero-order valence-electron chi connectivity index (χ0n) is 17.2. The van der Waals surface area contributed by atoms with Crippen molar-refractivity contribution in [2.24, 2.45) is 10.9 Å². The number of guanidine groups is 1. The van der Waals surface area contributed by atoms with Crippen LogP contribution in [0.5, 0.6) is 0 Å². The monoisotopic (exact) mass is 407 g/mol. The molecule has 1 unspecified atom stereocenters. The van der Waals surface area contributed by atoms with Crippen molar-refractivity contribution in [3.8, 4) is 6.19 Å². The molecular formula is C22H29N7O. The van der Waals surface area contributed by atoms with E-state index in [-0.39, 0.29) is 5.91 Å². The molecule has 0 aromatic carbocycles. The first-order chi connectivity index (χ1) is 14.8. The number of H-pyrrole nitrogens is 1. The van der Waals surface area contributed by atoms with E-state index in [0.717, 1.165) is 44.6 Å². The van der Waals surface area contributed by atoms with Gasteiger partial charge in [0.1, 0.15) is 5.69 Å². The second kappa shape index (κ2) is 11.6. The zero-order valence-corrected chi connectivity index (χ0v) is 17.2. The summed E-state index contributed by atoms with van der Waals surface area (Å²) in [7, 11) is 0. The van der Waals surface area contributed by atoms with Crippen molar-refractivity contribution in [1.29, 1.82) is 5.26 Å². The van der Waals surface area contributed by atoms with E-state index in [0.29, 0.717) is 17.6 Å². The third-order valence-electron chi connectivity index (χ3n) is 5.32. The summed E-state index contributed by atoms with van der Waals surface area (Å²) in [5, 5.41) is 15.1. The van der Waals surface area contributed by atoms with Gasteiger partial charge in [0.25, 0.3) is 5.91 Å². The Morgan fingerprint density at radius 1 is 1.30 bits per heavy atom. The molecule has 1 aliphatic rings. The summed E-state index contributed by atoms with van der Waals surface area (Å²) >= 11 is 0. The summed E-state index contributed by atoms with van der Waals surface area (Å²) < 4.78 is 0. The maximum absolute atomic E-state index is 12.4. The van der Waals surface area contributed by atoms with Gasteiger partial charge in [0.2, 0.25) is 12.2 Å². The Kier molecular flexibility index (Phi) is 8.27. The van der Waals surface area contributed by atoms with E-state index in [1.54, 1.807) is 18.6 Å². The lowest BCUT2D eigenvalue weighted by Crippen LogP contribution is -2.31. The number of pyridine rings is 1. The SMILES string of the molecule is N#CN=C(NCCCCCCC1CCN(C(=O)c2ccc[nH]2)C1)Nc1cccnc1.